The number of hydrogen-bond donors (Lipinski definition) is 2. The van der Waals surface area contributed by atoms with Crippen LogP contribution in [0.2, 0.25) is 0 Å². The van der Waals surface area contributed by atoms with Crippen LogP contribution in [0.5, 0.6) is 0 Å². The predicted octanol–water partition coefficient (Wildman–Crippen LogP) is 1.25. The van der Waals surface area contributed by atoms with E-state index < -0.39 is 11.8 Å². The van der Waals surface area contributed by atoms with Crippen LogP contribution in [0.15, 0.2) is 55.8 Å². The fourth-order valence-corrected chi connectivity index (χ4v) is 1.45. The van der Waals surface area contributed by atoms with Crippen LogP contribution in [0.25, 0.3) is 0 Å². The molecule has 0 unspecified atom stereocenters. The van der Waals surface area contributed by atoms with Crippen LogP contribution in [-0.4, -0.2) is 23.2 Å². The van der Waals surface area contributed by atoms with Gasteiger partial charge in [-0.05, 0) is 38.1 Å². The van der Waals surface area contributed by atoms with Crippen LogP contribution in [0.4, 0.5) is 0 Å². The minimum absolute atomic E-state index is 0.432. The summed E-state index contributed by atoms with van der Waals surface area (Å²) in [7, 11) is 0. The first kappa shape index (κ1) is 15.2. The second-order valence-corrected chi connectivity index (χ2v) is 4.23. The first-order valence-corrected chi connectivity index (χ1v) is 6.34. The fraction of sp³-hybridized carbons (Fsp3) is 0.143. The maximum atomic E-state index is 11.6. The molecule has 0 aromatic carbocycles. The number of rotatable bonds is 4. The summed E-state index contributed by atoms with van der Waals surface area (Å²) in [5.41, 5.74) is 5.09. The van der Waals surface area contributed by atoms with E-state index in [2.05, 4.69) is 21.1 Å². The third kappa shape index (κ3) is 3.92. The van der Waals surface area contributed by atoms with E-state index in [1.54, 1.807) is 38.1 Å². The lowest BCUT2D eigenvalue weighted by Gasteiger charge is -2.01. The number of hydrogen-bond acceptors (Lipinski definition) is 6. The lowest BCUT2D eigenvalue weighted by molar-refractivity contribution is -0.139. The average molecular weight is 302 g/mol. The maximum Gasteiger partial charge on any atom is 0.331 e. The van der Waals surface area contributed by atoms with E-state index in [1.807, 2.05) is 0 Å². The van der Waals surface area contributed by atoms with Gasteiger partial charge in [-0.2, -0.15) is 10.2 Å². The molecular formula is C14H14N4O4. The Morgan fingerprint density at radius 3 is 1.59 bits per heavy atom. The van der Waals surface area contributed by atoms with Crippen molar-refractivity contribution in [1.29, 1.82) is 0 Å². The molecule has 0 atom stereocenters. The minimum atomic E-state index is -0.943. The van der Waals surface area contributed by atoms with Crippen molar-refractivity contribution in [3.05, 3.63) is 48.3 Å². The van der Waals surface area contributed by atoms with Gasteiger partial charge in [-0.25, -0.2) is 10.9 Å². The van der Waals surface area contributed by atoms with Crippen molar-refractivity contribution in [2.45, 2.75) is 13.8 Å². The maximum absolute atomic E-state index is 11.6. The van der Waals surface area contributed by atoms with Gasteiger partial charge in [0.25, 0.3) is 0 Å². The van der Waals surface area contributed by atoms with Gasteiger partial charge >= 0.3 is 11.8 Å². The molecule has 0 saturated carbocycles. The van der Waals surface area contributed by atoms with Gasteiger partial charge in [-0.3, -0.25) is 9.59 Å². The Labute approximate surface area is 125 Å². The highest BCUT2D eigenvalue weighted by atomic mass is 16.3. The van der Waals surface area contributed by atoms with E-state index in [-0.39, 0.29) is 0 Å². The van der Waals surface area contributed by atoms with Crippen LogP contribution >= 0.6 is 0 Å². The van der Waals surface area contributed by atoms with Gasteiger partial charge in [0.2, 0.25) is 0 Å². The van der Waals surface area contributed by atoms with Crippen molar-refractivity contribution in [3.63, 3.8) is 0 Å². The molecule has 2 heterocycles. The topological polar surface area (TPSA) is 109 Å². The number of furan rings is 2. The van der Waals surface area contributed by atoms with E-state index in [4.69, 9.17) is 8.83 Å². The molecule has 0 spiro atoms. The molecule has 8 nitrogen and oxygen atoms in total. The molecule has 114 valence electrons. The molecule has 8 heteroatoms. The Hall–Kier alpha value is -3.16. The van der Waals surface area contributed by atoms with Gasteiger partial charge in [-0.1, -0.05) is 0 Å². The monoisotopic (exact) mass is 302 g/mol. The van der Waals surface area contributed by atoms with Crippen LogP contribution < -0.4 is 10.9 Å². The summed E-state index contributed by atoms with van der Waals surface area (Å²) in [6, 6.07) is 6.74. The molecule has 0 bridgehead atoms. The molecule has 2 amide bonds. The normalized spacial score (nSPS) is 12.1. The Kier molecular flexibility index (Phi) is 4.86. The van der Waals surface area contributed by atoms with Gasteiger partial charge < -0.3 is 8.83 Å². The third-order valence-corrected chi connectivity index (χ3v) is 2.61. The molecular weight excluding hydrogens is 288 g/mol. The van der Waals surface area contributed by atoms with Gasteiger partial charge in [0.15, 0.2) is 0 Å². The number of nitrogens with one attached hydrogen (secondary N) is 2. The van der Waals surface area contributed by atoms with Crippen LogP contribution in [0.1, 0.15) is 25.4 Å². The van der Waals surface area contributed by atoms with Crippen LogP contribution in [0, 0.1) is 0 Å². The van der Waals surface area contributed by atoms with E-state index in [1.165, 1.54) is 12.5 Å². The molecule has 2 aromatic rings. The predicted molar refractivity (Wildman–Crippen MR) is 78.1 cm³/mol. The quantitative estimate of drug-likeness (QED) is 0.503. The van der Waals surface area contributed by atoms with E-state index >= 15 is 0 Å². The summed E-state index contributed by atoms with van der Waals surface area (Å²) < 4.78 is 10.2. The van der Waals surface area contributed by atoms with Crippen molar-refractivity contribution < 1.29 is 18.4 Å². The highest BCUT2D eigenvalue weighted by Gasteiger charge is 2.13. The number of hydrazone groups is 2. The number of carbonyl (C=O) groups excluding carboxylic acids is 2. The van der Waals surface area contributed by atoms with Gasteiger partial charge in [-0.15, -0.1) is 0 Å². The van der Waals surface area contributed by atoms with E-state index in [9.17, 15) is 9.59 Å². The zero-order chi connectivity index (χ0) is 15.9. The standard InChI is InChI=1S/C14H14N4O4/c1-9(11-5-3-7-21-11)15-17-13(19)14(20)18-16-10(2)12-6-4-8-22-12/h3-8H,1-2H3,(H,17,19)(H,18,20)/b15-9+,16-10+. The van der Waals surface area contributed by atoms with Crippen LogP contribution in [-0.2, 0) is 9.59 Å². The fourth-order valence-electron chi connectivity index (χ4n) is 1.45. The van der Waals surface area contributed by atoms with Crippen molar-refractivity contribution in [1.82, 2.24) is 10.9 Å². The van der Waals surface area contributed by atoms with Gasteiger partial charge in [0.05, 0.1) is 12.5 Å². The van der Waals surface area contributed by atoms with Gasteiger partial charge in [0.1, 0.15) is 22.9 Å². The lowest BCUT2D eigenvalue weighted by Crippen LogP contribution is -2.36. The summed E-state index contributed by atoms with van der Waals surface area (Å²) in [5.74, 6) is -0.899. The summed E-state index contributed by atoms with van der Waals surface area (Å²) in [4.78, 5) is 23.1. The van der Waals surface area contributed by atoms with E-state index in [0.29, 0.717) is 22.9 Å². The third-order valence-electron chi connectivity index (χ3n) is 2.61. The van der Waals surface area contributed by atoms with Crippen molar-refractivity contribution in [2.75, 3.05) is 0 Å². The second kappa shape index (κ2) is 7.02. The average Bonchev–Trinajstić information content (AvgIpc) is 3.22. The van der Waals surface area contributed by atoms with Crippen molar-refractivity contribution in [3.8, 4) is 0 Å². The molecule has 22 heavy (non-hydrogen) atoms. The molecule has 0 aliphatic rings. The van der Waals surface area contributed by atoms with Crippen LogP contribution in [0.3, 0.4) is 0 Å². The Morgan fingerprint density at radius 2 is 1.27 bits per heavy atom. The summed E-state index contributed by atoms with van der Waals surface area (Å²) >= 11 is 0. The smallest absolute Gasteiger partial charge is 0.331 e. The van der Waals surface area contributed by atoms with Crippen molar-refractivity contribution >= 4 is 23.2 Å². The summed E-state index contributed by atoms with van der Waals surface area (Å²) in [6.45, 7) is 3.27. The zero-order valence-corrected chi connectivity index (χ0v) is 12.0. The molecule has 2 rings (SSSR count). The highest BCUT2D eigenvalue weighted by molar-refractivity contribution is 6.35. The Morgan fingerprint density at radius 1 is 0.864 bits per heavy atom. The Bertz CT molecular complexity index is 637. The zero-order valence-electron chi connectivity index (χ0n) is 12.0. The van der Waals surface area contributed by atoms with Crippen molar-refractivity contribution in [2.24, 2.45) is 10.2 Å². The highest BCUT2D eigenvalue weighted by Crippen LogP contribution is 2.01. The van der Waals surface area contributed by atoms with Gasteiger partial charge in [0, 0.05) is 0 Å². The number of nitrogens with zero attached hydrogens (tertiary/aromatic N) is 2. The minimum Gasteiger partial charge on any atom is -0.463 e. The molecule has 0 aliphatic heterocycles. The Balaban J connectivity index is 1.89. The first-order valence-electron chi connectivity index (χ1n) is 6.34. The summed E-state index contributed by atoms with van der Waals surface area (Å²) in [5, 5.41) is 7.52. The molecule has 0 saturated heterocycles. The lowest BCUT2D eigenvalue weighted by atomic mass is 10.3. The second-order valence-electron chi connectivity index (χ2n) is 4.23. The number of amides is 2. The SMILES string of the molecule is C/C(=N\NC(=O)C(=O)N/N=C(\C)c1ccco1)c1ccco1. The largest absolute Gasteiger partial charge is 0.463 e. The summed E-state index contributed by atoms with van der Waals surface area (Å²) in [6.07, 6.45) is 2.96. The molecule has 0 fully saturated rings. The molecule has 2 aromatic heterocycles. The molecule has 0 radical (unpaired) electrons. The first-order chi connectivity index (χ1) is 10.6. The molecule has 0 aliphatic carbocycles. The number of carbonyl (C=O) groups is 2. The molecule has 2 N–H and O–H groups in total. The van der Waals surface area contributed by atoms with E-state index in [0.717, 1.165) is 0 Å².